The molecular formula is C16H18N4O3. The molecule has 0 fully saturated rings. The van der Waals surface area contributed by atoms with Crippen LogP contribution >= 0.6 is 0 Å². The third-order valence-corrected chi connectivity index (χ3v) is 3.96. The molecule has 7 heteroatoms. The Bertz CT molecular complexity index is 782. The van der Waals surface area contributed by atoms with Gasteiger partial charge < -0.3 is 15.4 Å². The van der Waals surface area contributed by atoms with Crippen molar-refractivity contribution in [2.75, 3.05) is 11.9 Å². The molecule has 2 amide bonds. The van der Waals surface area contributed by atoms with E-state index in [4.69, 9.17) is 4.74 Å². The van der Waals surface area contributed by atoms with E-state index >= 15 is 0 Å². The van der Waals surface area contributed by atoms with Crippen molar-refractivity contribution in [2.45, 2.75) is 19.9 Å². The fourth-order valence-corrected chi connectivity index (χ4v) is 2.45. The van der Waals surface area contributed by atoms with Crippen LogP contribution in [0.15, 0.2) is 24.4 Å². The average molecular weight is 314 g/mol. The highest BCUT2D eigenvalue weighted by molar-refractivity contribution is 5.96. The van der Waals surface area contributed by atoms with Crippen LogP contribution in [0, 0.1) is 6.92 Å². The maximum atomic E-state index is 12.3. The van der Waals surface area contributed by atoms with Crippen LogP contribution in [0.25, 0.3) is 0 Å². The van der Waals surface area contributed by atoms with Gasteiger partial charge in [-0.25, -0.2) is 0 Å². The number of nitrogens with one attached hydrogen (secondary N) is 2. The molecule has 1 aromatic heterocycles. The molecule has 7 nitrogen and oxygen atoms in total. The number of nitrogens with zero attached hydrogens (tertiary/aromatic N) is 2. The number of aryl methyl sites for hydroxylation is 1. The van der Waals surface area contributed by atoms with Gasteiger partial charge >= 0.3 is 0 Å². The van der Waals surface area contributed by atoms with Crippen LogP contribution in [0.3, 0.4) is 0 Å². The highest BCUT2D eigenvalue weighted by Gasteiger charge is 2.19. The van der Waals surface area contributed by atoms with Crippen molar-refractivity contribution in [1.29, 1.82) is 0 Å². The zero-order valence-electron chi connectivity index (χ0n) is 13.2. The molecule has 0 saturated heterocycles. The second-order valence-electron chi connectivity index (χ2n) is 5.55. The molecule has 1 atom stereocenters. The average Bonchev–Trinajstić information content (AvgIpc) is 2.86. The molecule has 0 spiro atoms. The van der Waals surface area contributed by atoms with Crippen molar-refractivity contribution in [1.82, 2.24) is 15.1 Å². The molecule has 1 aromatic carbocycles. The number of hydrogen-bond donors (Lipinski definition) is 2. The Morgan fingerprint density at radius 2 is 2.26 bits per heavy atom. The number of amides is 2. The van der Waals surface area contributed by atoms with E-state index < -0.39 is 0 Å². The molecule has 120 valence electrons. The molecule has 2 aromatic rings. The third kappa shape index (κ3) is 2.90. The molecule has 0 unspecified atom stereocenters. The number of carbonyl (C=O) groups is 2. The third-order valence-electron chi connectivity index (χ3n) is 3.96. The summed E-state index contributed by atoms with van der Waals surface area (Å²) < 4.78 is 6.99. The van der Waals surface area contributed by atoms with E-state index in [1.165, 1.54) is 0 Å². The van der Waals surface area contributed by atoms with Crippen LogP contribution in [-0.2, 0) is 11.8 Å². The van der Waals surface area contributed by atoms with Gasteiger partial charge in [-0.3, -0.25) is 14.3 Å². The monoisotopic (exact) mass is 314 g/mol. The molecule has 0 aliphatic carbocycles. The van der Waals surface area contributed by atoms with Crippen LogP contribution in [0.2, 0.25) is 0 Å². The summed E-state index contributed by atoms with van der Waals surface area (Å²) in [5, 5.41) is 9.78. The van der Waals surface area contributed by atoms with Gasteiger partial charge in [0.25, 0.3) is 11.8 Å². The van der Waals surface area contributed by atoms with Gasteiger partial charge in [-0.1, -0.05) is 6.07 Å². The van der Waals surface area contributed by atoms with Crippen LogP contribution in [0.1, 0.15) is 34.6 Å². The fraction of sp³-hybridized carbons (Fsp3) is 0.312. The molecule has 0 saturated carbocycles. The van der Waals surface area contributed by atoms with Crippen LogP contribution in [0.5, 0.6) is 5.75 Å². The molecular weight excluding hydrogens is 296 g/mol. The van der Waals surface area contributed by atoms with E-state index in [0.29, 0.717) is 17.0 Å². The van der Waals surface area contributed by atoms with Crippen molar-refractivity contribution in [3.8, 4) is 5.75 Å². The highest BCUT2D eigenvalue weighted by Crippen LogP contribution is 2.30. The molecule has 1 aliphatic rings. The Kier molecular flexibility index (Phi) is 3.77. The predicted molar refractivity (Wildman–Crippen MR) is 84.4 cm³/mol. The lowest BCUT2D eigenvalue weighted by molar-refractivity contribution is -0.118. The second-order valence-corrected chi connectivity index (χ2v) is 5.55. The van der Waals surface area contributed by atoms with E-state index in [1.807, 2.05) is 26.0 Å². The normalized spacial score (nSPS) is 14.5. The zero-order valence-corrected chi connectivity index (χ0v) is 13.2. The first kappa shape index (κ1) is 15.1. The van der Waals surface area contributed by atoms with Gasteiger partial charge in [-0.2, -0.15) is 5.10 Å². The van der Waals surface area contributed by atoms with Crippen LogP contribution in [-0.4, -0.2) is 28.2 Å². The van der Waals surface area contributed by atoms with Crippen molar-refractivity contribution >= 4 is 17.5 Å². The Hall–Kier alpha value is -2.83. The Balaban J connectivity index is 1.77. The van der Waals surface area contributed by atoms with E-state index in [-0.39, 0.29) is 24.5 Å². The number of aromatic nitrogens is 2. The number of benzene rings is 1. The number of ether oxygens (including phenoxy) is 1. The molecule has 23 heavy (non-hydrogen) atoms. The Morgan fingerprint density at radius 3 is 2.96 bits per heavy atom. The second kappa shape index (κ2) is 5.75. The molecule has 2 heterocycles. The minimum absolute atomic E-state index is 0.0267. The maximum absolute atomic E-state index is 12.3. The summed E-state index contributed by atoms with van der Waals surface area (Å²) in [7, 11) is 1.79. The summed E-state index contributed by atoms with van der Waals surface area (Å²) in [6, 6.07) is 5.26. The Morgan fingerprint density at radius 1 is 1.48 bits per heavy atom. The van der Waals surface area contributed by atoms with Crippen LogP contribution < -0.4 is 15.4 Å². The number of rotatable bonds is 3. The van der Waals surface area contributed by atoms with E-state index in [9.17, 15) is 9.59 Å². The highest BCUT2D eigenvalue weighted by atomic mass is 16.5. The van der Waals surface area contributed by atoms with Gasteiger partial charge in [0.1, 0.15) is 5.75 Å². The SMILES string of the molecule is Cc1c(C(=O)N[C@H](C)c2ccc3c(c2)NC(=O)CO3)cnn1C. The number of hydrogen-bond acceptors (Lipinski definition) is 4. The van der Waals surface area contributed by atoms with Crippen molar-refractivity contribution in [3.05, 3.63) is 41.2 Å². The largest absolute Gasteiger partial charge is 0.482 e. The molecule has 2 N–H and O–H groups in total. The van der Waals surface area contributed by atoms with E-state index in [0.717, 1.165) is 11.3 Å². The first-order chi connectivity index (χ1) is 11.0. The van der Waals surface area contributed by atoms with Crippen LogP contribution in [0.4, 0.5) is 5.69 Å². The lowest BCUT2D eigenvalue weighted by Gasteiger charge is -2.21. The zero-order chi connectivity index (χ0) is 16.6. The summed E-state index contributed by atoms with van der Waals surface area (Å²) >= 11 is 0. The van der Waals surface area contributed by atoms with Crippen molar-refractivity contribution in [2.24, 2.45) is 7.05 Å². The quantitative estimate of drug-likeness (QED) is 0.900. The molecule has 0 radical (unpaired) electrons. The standard InChI is InChI=1S/C16H18N4O3/c1-9(18-16(22)12-7-17-20(3)10(12)2)11-4-5-14-13(6-11)19-15(21)8-23-14/h4-7,9H,8H2,1-3H3,(H,18,22)(H,19,21)/t9-/m1/s1. The maximum Gasteiger partial charge on any atom is 0.262 e. The fourth-order valence-electron chi connectivity index (χ4n) is 2.45. The molecule has 0 bridgehead atoms. The van der Waals surface area contributed by atoms with Gasteiger partial charge in [0, 0.05) is 12.7 Å². The molecule has 1 aliphatic heterocycles. The Labute approximate surface area is 133 Å². The van der Waals surface area contributed by atoms with Gasteiger partial charge in [0.15, 0.2) is 6.61 Å². The summed E-state index contributed by atoms with van der Waals surface area (Å²) in [6.07, 6.45) is 1.55. The van der Waals surface area contributed by atoms with Crippen molar-refractivity contribution in [3.63, 3.8) is 0 Å². The minimum Gasteiger partial charge on any atom is -0.482 e. The first-order valence-electron chi connectivity index (χ1n) is 7.32. The lowest BCUT2D eigenvalue weighted by Crippen LogP contribution is -2.28. The first-order valence-corrected chi connectivity index (χ1v) is 7.32. The lowest BCUT2D eigenvalue weighted by atomic mass is 10.1. The van der Waals surface area contributed by atoms with Gasteiger partial charge in [0.05, 0.1) is 23.5 Å². The number of anilines is 1. The van der Waals surface area contributed by atoms with E-state index in [1.54, 1.807) is 24.0 Å². The van der Waals surface area contributed by atoms with Gasteiger partial charge in [-0.15, -0.1) is 0 Å². The summed E-state index contributed by atoms with van der Waals surface area (Å²) in [4.78, 5) is 23.7. The smallest absolute Gasteiger partial charge is 0.262 e. The van der Waals surface area contributed by atoms with E-state index in [2.05, 4.69) is 15.7 Å². The summed E-state index contributed by atoms with van der Waals surface area (Å²) in [5.41, 5.74) is 2.86. The summed E-state index contributed by atoms with van der Waals surface area (Å²) in [6.45, 7) is 3.76. The predicted octanol–water partition coefficient (Wildman–Crippen LogP) is 1.55. The van der Waals surface area contributed by atoms with Gasteiger partial charge in [0.2, 0.25) is 0 Å². The minimum atomic E-state index is -0.216. The van der Waals surface area contributed by atoms with Crippen molar-refractivity contribution < 1.29 is 14.3 Å². The number of carbonyl (C=O) groups excluding carboxylic acids is 2. The summed E-state index contributed by atoms with van der Waals surface area (Å²) in [5.74, 6) is 0.272. The molecule has 3 rings (SSSR count). The van der Waals surface area contributed by atoms with Gasteiger partial charge in [-0.05, 0) is 31.5 Å². The topological polar surface area (TPSA) is 85.2 Å². The number of fused-ring (bicyclic) bond motifs is 1.